The van der Waals surface area contributed by atoms with Gasteiger partial charge in [0.1, 0.15) is 11.9 Å². The first kappa shape index (κ1) is 16.0. The maximum Gasteiger partial charge on any atom is 0.408 e. The predicted molar refractivity (Wildman–Crippen MR) is 77.1 cm³/mol. The minimum Gasteiger partial charge on any atom is -0.465 e. The molecule has 1 heterocycles. The van der Waals surface area contributed by atoms with Crippen LogP contribution in [0.4, 0.5) is 14.9 Å². The van der Waals surface area contributed by atoms with Crippen LogP contribution in [-0.4, -0.2) is 41.6 Å². The largest absolute Gasteiger partial charge is 0.465 e. The van der Waals surface area contributed by atoms with E-state index in [0.29, 0.717) is 5.69 Å². The maximum absolute atomic E-state index is 13.2. The third-order valence-electron chi connectivity index (χ3n) is 3.64. The van der Waals surface area contributed by atoms with E-state index in [2.05, 4.69) is 0 Å². The molecule has 116 valence electrons. The van der Waals surface area contributed by atoms with Gasteiger partial charge in [0.2, 0.25) is 5.91 Å². The van der Waals surface area contributed by atoms with E-state index in [0.717, 1.165) is 11.0 Å². The number of rotatable bonds is 2. The molecule has 1 N–H and O–H groups in total. The number of carboxylic acid groups (broad SMARTS) is 1. The fourth-order valence-corrected chi connectivity index (χ4v) is 2.59. The topological polar surface area (TPSA) is 84.6 Å². The van der Waals surface area contributed by atoms with Crippen LogP contribution in [0, 0.1) is 23.1 Å². The van der Waals surface area contributed by atoms with Crippen LogP contribution in [0.5, 0.6) is 0 Å². The molecule has 0 aliphatic carbocycles. The van der Waals surface area contributed by atoms with Gasteiger partial charge in [-0.15, -0.1) is 0 Å². The van der Waals surface area contributed by atoms with Crippen LogP contribution in [0.15, 0.2) is 18.2 Å². The number of anilines is 1. The van der Waals surface area contributed by atoms with Crippen molar-refractivity contribution in [3.05, 3.63) is 29.0 Å². The summed E-state index contributed by atoms with van der Waals surface area (Å²) in [5, 5.41) is 18.0. The average Bonchev–Trinajstić information content (AvgIpc) is 2.93. The van der Waals surface area contributed by atoms with Crippen LogP contribution < -0.4 is 4.90 Å². The van der Waals surface area contributed by atoms with E-state index in [1.807, 2.05) is 6.07 Å². The van der Waals surface area contributed by atoms with Crippen molar-refractivity contribution < 1.29 is 19.1 Å². The molecule has 8 heteroatoms. The first-order valence-corrected chi connectivity index (χ1v) is 6.84. The minimum absolute atomic E-state index is 0.000252. The fourth-order valence-electron chi connectivity index (χ4n) is 2.42. The lowest BCUT2D eigenvalue weighted by Crippen LogP contribution is -2.46. The number of likely N-dealkylation sites (N-methyl/N-ethyl adjacent to an activating group) is 1. The average molecular weight is 326 g/mol. The number of halogens is 2. The van der Waals surface area contributed by atoms with Gasteiger partial charge in [0.15, 0.2) is 0 Å². The second-order valence-electron chi connectivity index (χ2n) is 5.01. The molecule has 1 fully saturated rings. The summed E-state index contributed by atoms with van der Waals surface area (Å²) in [5.41, 5.74) is 0.349. The van der Waals surface area contributed by atoms with Gasteiger partial charge in [0, 0.05) is 19.3 Å². The number of benzene rings is 1. The number of likely N-dealkylation sites (tertiary alicyclic amines) is 1. The Labute approximate surface area is 131 Å². The lowest BCUT2D eigenvalue weighted by atomic mass is 10.1. The normalized spacial score (nSPS) is 20.5. The highest BCUT2D eigenvalue weighted by molar-refractivity contribution is 6.31. The summed E-state index contributed by atoms with van der Waals surface area (Å²) in [6, 6.07) is 4.84. The van der Waals surface area contributed by atoms with E-state index < -0.39 is 29.8 Å². The van der Waals surface area contributed by atoms with Crippen molar-refractivity contribution in [2.45, 2.75) is 12.5 Å². The third-order valence-corrected chi connectivity index (χ3v) is 3.93. The summed E-state index contributed by atoms with van der Waals surface area (Å²) < 4.78 is 13.2. The zero-order chi connectivity index (χ0) is 16.4. The minimum atomic E-state index is -1.25. The molecule has 2 rings (SSSR count). The first-order valence-electron chi connectivity index (χ1n) is 6.47. The van der Waals surface area contributed by atoms with Crippen molar-refractivity contribution in [3.63, 3.8) is 0 Å². The molecule has 2 amide bonds. The lowest BCUT2D eigenvalue weighted by molar-refractivity contribution is -0.122. The first-order chi connectivity index (χ1) is 10.3. The fraction of sp³-hybridized carbons (Fsp3) is 0.357. The van der Waals surface area contributed by atoms with E-state index in [1.54, 1.807) is 0 Å². The predicted octanol–water partition coefficient (Wildman–Crippen LogP) is 2.33. The second kappa shape index (κ2) is 6.20. The Morgan fingerprint density at radius 3 is 2.77 bits per heavy atom. The van der Waals surface area contributed by atoms with Crippen LogP contribution in [0.25, 0.3) is 0 Å². The van der Waals surface area contributed by atoms with Crippen molar-refractivity contribution >= 4 is 29.3 Å². The molecule has 0 saturated carbocycles. The molecular weight excluding hydrogens is 313 g/mol. The van der Waals surface area contributed by atoms with Crippen LogP contribution in [-0.2, 0) is 4.79 Å². The van der Waals surface area contributed by atoms with Crippen LogP contribution >= 0.6 is 11.6 Å². The summed E-state index contributed by atoms with van der Waals surface area (Å²) >= 11 is 5.69. The molecule has 1 unspecified atom stereocenters. The van der Waals surface area contributed by atoms with Crippen molar-refractivity contribution in [2.24, 2.45) is 5.92 Å². The zero-order valence-electron chi connectivity index (χ0n) is 11.7. The van der Waals surface area contributed by atoms with Gasteiger partial charge in [-0.1, -0.05) is 11.6 Å². The van der Waals surface area contributed by atoms with Gasteiger partial charge in [-0.05, 0) is 24.6 Å². The summed E-state index contributed by atoms with van der Waals surface area (Å²) in [6.07, 6.45) is -1.11. The molecule has 1 saturated heterocycles. The van der Waals surface area contributed by atoms with Crippen LogP contribution in [0.3, 0.4) is 0 Å². The van der Waals surface area contributed by atoms with Gasteiger partial charge in [-0.25, -0.2) is 9.18 Å². The molecule has 0 spiro atoms. The molecular formula is C14H13ClFN3O3. The molecule has 1 aromatic rings. The summed E-state index contributed by atoms with van der Waals surface area (Å²) in [5.74, 6) is -1.61. The highest BCUT2D eigenvalue weighted by Crippen LogP contribution is 2.27. The molecule has 0 bridgehead atoms. The Bertz CT molecular complexity index is 661. The van der Waals surface area contributed by atoms with Gasteiger partial charge in [-0.3, -0.25) is 9.69 Å². The molecule has 1 aliphatic heterocycles. The van der Waals surface area contributed by atoms with E-state index in [4.69, 9.17) is 22.0 Å². The Morgan fingerprint density at radius 2 is 2.23 bits per heavy atom. The lowest BCUT2D eigenvalue weighted by Gasteiger charge is -2.26. The van der Waals surface area contributed by atoms with Crippen LogP contribution in [0.2, 0.25) is 5.02 Å². The van der Waals surface area contributed by atoms with Gasteiger partial charge in [-0.2, -0.15) is 5.26 Å². The number of hydrogen-bond acceptors (Lipinski definition) is 3. The number of amides is 2. The Hall–Kier alpha value is -2.33. The number of nitrogens with zero attached hydrogens (tertiary/aromatic N) is 3. The quantitative estimate of drug-likeness (QED) is 0.904. The third kappa shape index (κ3) is 2.97. The molecule has 0 aromatic heterocycles. The Kier molecular flexibility index (Phi) is 4.52. The van der Waals surface area contributed by atoms with Crippen molar-refractivity contribution in [1.29, 1.82) is 5.26 Å². The summed E-state index contributed by atoms with van der Waals surface area (Å²) in [4.78, 5) is 25.9. The zero-order valence-corrected chi connectivity index (χ0v) is 12.4. The smallest absolute Gasteiger partial charge is 0.408 e. The molecule has 2 atom stereocenters. The van der Waals surface area contributed by atoms with Crippen molar-refractivity contribution in [2.75, 3.05) is 18.5 Å². The van der Waals surface area contributed by atoms with Crippen LogP contribution in [0.1, 0.15) is 6.42 Å². The Balaban J connectivity index is 2.24. The highest BCUT2D eigenvalue weighted by atomic mass is 35.5. The SMILES string of the molecule is CN(C(=O)[C@@H]1CC(C#N)CN1C(=O)O)c1ccc(F)c(Cl)c1. The van der Waals surface area contributed by atoms with Gasteiger partial charge in [0.25, 0.3) is 0 Å². The van der Waals surface area contributed by atoms with E-state index >= 15 is 0 Å². The number of carbonyl (C=O) groups is 2. The van der Waals surface area contributed by atoms with Gasteiger partial charge < -0.3 is 10.0 Å². The molecule has 0 radical (unpaired) electrons. The number of nitriles is 1. The van der Waals surface area contributed by atoms with E-state index in [1.165, 1.54) is 24.1 Å². The summed E-state index contributed by atoms with van der Waals surface area (Å²) in [7, 11) is 1.45. The van der Waals surface area contributed by atoms with Crippen molar-refractivity contribution in [3.8, 4) is 6.07 Å². The highest BCUT2D eigenvalue weighted by Gasteiger charge is 2.41. The Morgan fingerprint density at radius 1 is 1.55 bits per heavy atom. The molecule has 22 heavy (non-hydrogen) atoms. The van der Waals surface area contributed by atoms with Gasteiger partial charge in [0.05, 0.1) is 17.0 Å². The molecule has 1 aromatic carbocycles. The monoisotopic (exact) mass is 325 g/mol. The van der Waals surface area contributed by atoms with Crippen molar-refractivity contribution in [1.82, 2.24) is 4.90 Å². The molecule has 6 nitrogen and oxygen atoms in total. The molecule has 1 aliphatic rings. The second-order valence-corrected chi connectivity index (χ2v) is 5.42. The van der Waals surface area contributed by atoms with Gasteiger partial charge >= 0.3 is 6.09 Å². The van der Waals surface area contributed by atoms with E-state index in [-0.39, 0.29) is 18.0 Å². The maximum atomic E-state index is 13.2. The van der Waals surface area contributed by atoms with E-state index in [9.17, 15) is 14.0 Å². The standard InChI is InChI=1S/C14H13ClFN3O3/c1-18(9-2-3-11(16)10(15)5-9)13(20)12-4-8(6-17)7-19(12)14(21)22/h2-3,5,8,12H,4,7H2,1H3,(H,21,22)/t8?,12-/m0/s1. The number of hydrogen-bond donors (Lipinski definition) is 1. The summed E-state index contributed by atoms with van der Waals surface area (Å²) in [6.45, 7) is 0.000252. The number of carbonyl (C=O) groups excluding carboxylic acids is 1.